The highest BCUT2D eigenvalue weighted by molar-refractivity contribution is 6.21. The van der Waals surface area contributed by atoms with Gasteiger partial charge in [0.2, 0.25) is 0 Å². The van der Waals surface area contributed by atoms with Crippen molar-refractivity contribution >= 4 is 11.7 Å². The molecule has 11 heavy (non-hydrogen) atoms. The Labute approximate surface area is 64.5 Å². The van der Waals surface area contributed by atoms with Crippen LogP contribution in [0, 0.1) is 0 Å². The second-order valence-electron chi connectivity index (χ2n) is 2.19. The molecule has 0 saturated heterocycles. The van der Waals surface area contributed by atoms with Crippen molar-refractivity contribution in [2.24, 2.45) is 5.16 Å². The van der Waals surface area contributed by atoms with Crippen molar-refractivity contribution in [1.29, 1.82) is 0 Å². The number of hydrogen-bond acceptors (Lipinski definition) is 4. The number of ether oxygens (including phenoxy) is 1. The first-order valence-corrected chi connectivity index (χ1v) is 3.18. The van der Waals surface area contributed by atoms with Gasteiger partial charge in [0.1, 0.15) is 11.3 Å². The second-order valence-corrected chi connectivity index (χ2v) is 2.19. The molecule has 1 aliphatic rings. The largest absolute Gasteiger partial charge is 0.500 e. The Kier molecular flexibility index (Phi) is 1.94. The molecule has 0 atom stereocenters. The van der Waals surface area contributed by atoms with Crippen LogP contribution >= 0.6 is 0 Å². The first kappa shape index (κ1) is 7.78. The predicted octanol–water partition coefficient (Wildman–Crippen LogP) is 0.840. The van der Waals surface area contributed by atoms with E-state index >= 15 is 0 Å². The highest BCUT2D eigenvalue weighted by Gasteiger charge is 2.25. The zero-order valence-electron chi connectivity index (χ0n) is 6.67. The van der Waals surface area contributed by atoms with Crippen LogP contribution < -0.4 is 0 Å². The summed E-state index contributed by atoms with van der Waals surface area (Å²) in [5.74, 6) is 0.0931. The van der Waals surface area contributed by atoms with Crippen molar-refractivity contribution < 1.29 is 14.4 Å². The van der Waals surface area contributed by atoms with E-state index in [0.717, 1.165) is 0 Å². The Balaban J connectivity index is 3.03. The number of carbonyl (C=O) groups excluding carboxylic acids is 1. The van der Waals surface area contributed by atoms with Gasteiger partial charge in [-0.15, -0.1) is 0 Å². The smallest absolute Gasteiger partial charge is 0.371 e. The van der Waals surface area contributed by atoms with E-state index in [0.29, 0.717) is 17.0 Å². The predicted molar refractivity (Wildman–Crippen MR) is 38.9 cm³/mol. The fourth-order valence-electron chi connectivity index (χ4n) is 0.849. The van der Waals surface area contributed by atoms with E-state index in [1.807, 2.05) is 0 Å². The third-order valence-corrected chi connectivity index (χ3v) is 1.49. The van der Waals surface area contributed by atoms with E-state index in [4.69, 9.17) is 4.74 Å². The molecule has 0 saturated carbocycles. The molecule has 0 radical (unpaired) electrons. The molecule has 4 heteroatoms. The van der Waals surface area contributed by atoms with E-state index in [1.54, 1.807) is 13.8 Å². The van der Waals surface area contributed by atoms with E-state index in [1.165, 1.54) is 7.11 Å². The molecule has 4 nitrogen and oxygen atoms in total. The number of allylic oxidation sites excluding steroid dienone is 1. The molecular formula is C7H9NO3. The van der Waals surface area contributed by atoms with E-state index < -0.39 is 5.97 Å². The summed E-state index contributed by atoms with van der Waals surface area (Å²) in [6, 6.07) is 0. The van der Waals surface area contributed by atoms with Gasteiger partial charge >= 0.3 is 5.97 Å². The Hall–Kier alpha value is -1.32. The molecule has 0 N–H and O–H groups in total. The summed E-state index contributed by atoms with van der Waals surface area (Å²) in [5.41, 5.74) is 0.988. The lowest BCUT2D eigenvalue weighted by atomic mass is 10.1. The molecule has 0 unspecified atom stereocenters. The van der Waals surface area contributed by atoms with Gasteiger partial charge in [0, 0.05) is 0 Å². The van der Waals surface area contributed by atoms with Crippen molar-refractivity contribution in [3.05, 3.63) is 11.3 Å². The summed E-state index contributed by atoms with van der Waals surface area (Å²) in [6.45, 7) is 3.39. The third kappa shape index (κ3) is 1.24. The second kappa shape index (κ2) is 2.74. The first-order valence-electron chi connectivity index (χ1n) is 3.18. The molecule has 1 heterocycles. The summed E-state index contributed by atoms with van der Waals surface area (Å²) < 4.78 is 4.87. The minimum Gasteiger partial charge on any atom is -0.500 e. The standard InChI is InChI=1S/C7H9NO3/c1-4-6(5(2)10-3)7(9)11-8-4/h1-3H3/b6-5+. The Morgan fingerprint density at radius 1 is 1.64 bits per heavy atom. The van der Waals surface area contributed by atoms with E-state index in [-0.39, 0.29) is 0 Å². The van der Waals surface area contributed by atoms with Gasteiger partial charge in [0.05, 0.1) is 12.8 Å². The number of hydrogen-bond donors (Lipinski definition) is 0. The topological polar surface area (TPSA) is 47.9 Å². The monoisotopic (exact) mass is 155 g/mol. The van der Waals surface area contributed by atoms with Crippen molar-refractivity contribution in [2.45, 2.75) is 13.8 Å². The van der Waals surface area contributed by atoms with Gasteiger partial charge in [-0.25, -0.2) is 4.79 Å². The van der Waals surface area contributed by atoms with Crippen LogP contribution in [0.15, 0.2) is 16.5 Å². The van der Waals surface area contributed by atoms with Gasteiger partial charge in [-0.2, -0.15) is 0 Å². The molecule has 0 bridgehead atoms. The van der Waals surface area contributed by atoms with Crippen LogP contribution in [0.4, 0.5) is 0 Å². The average Bonchev–Trinajstić information content (AvgIpc) is 2.30. The minimum absolute atomic E-state index is 0.424. The SMILES string of the molecule is CO/C(C)=C1/C(=O)ON=C1C. The van der Waals surface area contributed by atoms with Crippen molar-refractivity contribution in [2.75, 3.05) is 7.11 Å². The molecular weight excluding hydrogens is 146 g/mol. The van der Waals surface area contributed by atoms with E-state index in [9.17, 15) is 4.79 Å². The molecule has 0 fully saturated rings. The van der Waals surface area contributed by atoms with Crippen LogP contribution in [-0.2, 0) is 14.4 Å². The Morgan fingerprint density at radius 3 is 2.64 bits per heavy atom. The maximum atomic E-state index is 10.9. The van der Waals surface area contributed by atoms with Crippen LogP contribution in [0.5, 0.6) is 0 Å². The molecule has 60 valence electrons. The van der Waals surface area contributed by atoms with Crippen LogP contribution in [-0.4, -0.2) is 18.8 Å². The van der Waals surface area contributed by atoms with Gasteiger partial charge in [-0.1, -0.05) is 5.16 Å². The average molecular weight is 155 g/mol. The lowest BCUT2D eigenvalue weighted by Crippen LogP contribution is -2.06. The number of oxime groups is 1. The maximum absolute atomic E-state index is 10.9. The summed E-state index contributed by atoms with van der Waals surface area (Å²) in [5, 5.41) is 3.50. The highest BCUT2D eigenvalue weighted by atomic mass is 16.7. The van der Waals surface area contributed by atoms with Gasteiger partial charge < -0.3 is 9.57 Å². The van der Waals surface area contributed by atoms with Gasteiger partial charge in [-0.3, -0.25) is 0 Å². The van der Waals surface area contributed by atoms with Crippen LogP contribution in [0.1, 0.15) is 13.8 Å². The molecule has 0 aliphatic carbocycles. The first-order chi connectivity index (χ1) is 5.16. The normalized spacial score (nSPS) is 21.0. The van der Waals surface area contributed by atoms with Gasteiger partial charge in [0.15, 0.2) is 0 Å². The van der Waals surface area contributed by atoms with Crippen LogP contribution in [0.2, 0.25) is 0 Å². The molecule has 1 aliphatic heterocycles. The third-order valence-electron chi connectivity index (χ3n) is 1.49. The molecule has 0 aromatic heterocycles. The van der Waals surface area contributed by atoms with Gasteiger partial charge in [0.25, 0.3) is 0 Å². The fourth-order valence-corrected chi connectivity index (χ4v) is 0.849. The van der Waals surface area contributed by atoms with Crippen molar-refractivity contribution in [3.63, 3.8) is 0 Å². The Morgan fingerprint density at radius 2 is 2.27 bits per heavy atom. The van der Waals surface area contributed by atoms with Crippen molar-refractivity contribution in [1.82, 2.24) is 0 Å². The zero-order chi connectivity index (χ0) is 8.43. The summed E-state index contributed by atoms with van der Waals surface area (Å²) in [4.78, 5) is 15.3. The molecule has 0 aromatic rings. The quantitative estimate of drug-likeness (QED) is 0.320. The summed E-state index contributed by atoms with van der Waals surface area (Å²) in [6.07, 6.45) is 0. The van der Waals surface area contributed by atoms with E-state index in [2.05, 4.69) is 9.99 Å². The molecule has 0 aromatic carbocycles. The molecule has 0 amide bonds. The van der Waals surface area contributed by atoms with Gasteiger partial charge in [-0.05, 0) is 13.8 Å². The number of rotatable bonds is 1. The van der Waals surface area contributed by atoms with Crippen molar-refractivity contribution in [3.8, 4) is 0 Å². The molecule has 1 rings (SSSR count). The van der Waals surface area contributed by atoms with Crippen LogP contribution in [0.3, 0.4) is 0 Å². The summed E-state index contributed by atoms with van der Waals surface area (Å²) >= 11 is 0. The number of carbonyl (C=O) groups is 1. The lowest BCUT2D eigenvalue weighted by molar-refractivity contribution is -0.137. The fraction of sp³-hybridized carbons (Fsp3) is 0.429. The number of methoxy groups -OCH3 is 1. The Bertz CT molecular complexity index is 252. The minimum atomic E-state index is -0.443. The highest BCUT2D eigenvalue weighted by Crippen LogP contribution is 2.15. The zero-order valence-corrected chi connectivity index (χ0v) is 6.67. The molecule has 0 spiro atoms. The summed E-state index contributed by atoms with van der Waals surface area (Å²) in [7, 11) is 1.50. The maximum Gasteiger partial charge on any atom is 0.371 e. The number of nitrogens with zero attached hydrogens (tertiary/aromatic N) is 1. The lowest BCUT2D eigenvalue weighted by Gasteiger charge is -1.99. The van der Waals surface area contributed by atoms with Crippen LogP contribution in [0.25, 0.3) is 0 Å².